The Labute approximate surface area is 122 Å². The summed E-state index contributed by atoms with van der Waals surface area (Å²) in [5.41, 5.74) is 3.97. The highest BCUT2D eigenvalue weighted by Crippen LogP contribution is 2.44. The molecule has 0 fully saturated rings. The highest BCUT2D eigenvalue weighted by molar-refractivity contribution is 7.99. The molecule has 0 saturated carbocycles. The molecule has 0 amide bonds. The van der Waals surface area contributed by atoms with E-state index in [9.17, 15) is 4.79 Å². The zero-order valence-corrected chi connectivity index (χ0v) is 11.6. The zero-order chi connectivity index (χ0) is 13.9. The predicted molar refractivity (Wildman–Crippen MR) is 84.9 cm³/mol. The molecule has 0 aliphatic carbocycles. The first-order valence-corrected chi connectivity index (χ1v) is 7.09. The maximum atomic E-state index is 10.9. The molecule has 0 aromatic heterocycles. The number of rotatable bonds is 3. The van der Waals surface area contributed by atoms with E-state index < -0.39 is 0 Å². The van der Waals surface area contributed by atoms with Crippen LogP contribution in [0.25, 0.3) is 6.08 Å². The Morgan fingerprint density at radius 2 is 1.65 bits per heavy atom. The van der Waals surface area contributed by atoms with Crippen molar-refractivity contribution in [3.63, 3.8) is 0 Å². The summed E-state index contributed by atoms with van der Waals surface area (Å²) < 4.78 is 0. The van der Waals surface area contributed by atoms with Gasteiger partial charge in [0, 0.05) is 15.4 Å². The van der Waals surface area contributed by atoms with Crippen molar-refractivity contribution in [3.8, 4) is 0 Å². The van der Waals surface area contributed by atoms with Crippen LogP contribution >= 0.6 is 11.8 Å². The first-order valence-electron chi connectivity index (χ1n) is 6.27. The van der Waals surface area contributed by atoms with Gasteiger partial charge in [0.15, 0.2) is 0 Å². The number of hydrogen-bond donors (Lipinski definition) is 1. The highest BCUT2D eigenvalue weighted by atomic mass is 32.2. The third kappa shape index (κ3) is 2.40. The quantitative estimate of drug-likeness (QED) is 0.546. The Balaban J connectivity index is 1.98. The number of fused-ring (bicyclic) bond motifs is 2. The van der Waals surface area contributed by atoms with E-state index in [-0.39, 0.29) is 0 Å². The number of hydrogen-bond acceptors (Lipinski definition) is 3. The smallest absolute Gasteiger partial charge is 0.150 e. The van der Waals surface area contributed by atoms with Crippen LogP contribution in [-0.2, 0) is 0 Å². The van der Waals surface area contributed by atoms with E-state index in [4.69, 9.17) is 0 Å². The van der Waals surface area contributed by atoms with E-state index in [0.717, 1.165) is 33.0 Å². The molecule has 3 rings (SSSR count). The van der Waals surface area contributed by atoms with Crippen LogP contribution in [0.2, 0.25) is 0 Å². The van der Waals surface area contributed by atoms with Gasteiger partial charge in [0.2, 0.25) is 0 Å². The van der Waals surface area contributed by atoms with Gasteiger partial charge in [-0.1, -0.05) is 42.6 Å². The van der Waals surface area contributed by atoms with Gasteiger partial charge in [0.05, 0.1) is 11.4 Å². The van der Waals surface area contributed by atoms with Gasteiger partial charge in [0.1, 0.15) is 6.29 Å². The Morgan fingerprint density at radius 1 is 1.00 bits per heavy atom. The second-order valence-corrected chi connectivity index (χ2v) is 5.53. The number of carbonyl (C=O) groups excluding carboxylic acids is 1. The third-order valence-electron chi connectivity index (χ3n) is 3.06. The van der Waals surface area contributed by atoms with E-state index >= 15 is 0 Å². The molecule has 0 unspecified atom stereocenters. The van der Waals surface area contributed by atoms with Crippen LogP contribution < -0.4 is 5.32 Å². The molecule has 1 aliphatic heterocycles. The van der Waals surface area contributed by atoms with Crippen LogP contribution in [-0.4, -0.2) is 6.29 Å². The van der Waals surface area contributed by atoms with Gasteiger partial charge in [-0.2, -0.15) is 0 Å². The summed E-state index contributed by atoms with van der Waals surface area (Å²) in [5, 5.41) is 3.39. The molecule has 0 spiro atoms. The topological polar surface area (TPSA) is 29.1 Å². The van der Waals surface area contributed by atoms with Gasteiger partial charge in [-0.15, -0.1) is 0 Å². The van der Waals surface area contributed by atoms with Crippen molar-refractivity contribution in [1.82, 2.24) is 0 Å². The lowest BCUT2D eigenvalue weighted by Gasteiger charge is -2.21. The van der Waals surface area contributed by atoms with Crippen LogP contribution in [0.3, 0.4) is 0 Å². The monoisotopic (exact) mass is 279 g/mol. The second kappa shape index (κ2) is 5.39. The molecule has 0 saturated heterocycles. The molecule has 1 aliphatic rings. The van der Waals surface area contributed by atoms with Crippen molar-refractivity contribution >= 4 is 35.5 Å². The molecule has 98 valence electrons. The predicted octanol–water partition coefficient (Wildman–Crippen LogP) is 4.91. The number of benzene rings is 2. The van der Waals surface area contributed by atoms with Gasteiger partial charge in [0.25, 0.3) is 0 Å². The average molecular weight is 279 g/mol. The summed E-state index contributed by atoms with van der Waals surface area (Å²) in [5.74, 6) is 0. The molecule has 2 aromatic carbocycles. The van der Waals surface area contributed by atoms with E-state index in [2.05, 4.69) is 30.1 Å². The fourth-order valence-corrected chi connectivity index (χ4v) is 3.16. The molecule has 20 heavy (non-hydrogen) atoms. The van der Waals surface area contributed by atoms with Crippen molar-refractivity contribution in [1.29, 1.82) is 0 Å². The fourth-order valence-electron chi connectivity index (χ4n) is 2.07. The van der Waals surface area contributed by atoms with Crippen LogP contribution in [0.4, 0.5) is 11.4 Å². The number of allylic oxidation sites excluding steroid dienone is 2. The summed E-state index contributed by atoms with van der Waals surface area (Å²) in [6.07, 6.45) is 6.57. The minimum atomic E-state index is 0.698. The highest BCUT2D eigenvalue weighted by Gasteiger charge is 2.15. The number of nitrogens with one attached hydrogen (secondary N) is 1. The molecular formula is C17H13NOS. The van der Waals surface area contributed by atoms with Crippen molar-refractivity contribution in [2.75, 3.05) is 5.32 Å². The van der Waals surface area contributed by atoms with Crippen molar-refractivity contribution in [2.24, 2.45) is 0 Å². The largest absolute Gasteiger partial charge is 0.354 e. The summed E-state index contributed by atoms with van der Waals surface area (Å²) >= 11 is 1.68. The molecule has 1 heterocycles. The molecule has 2 nitrogen and oxygen atoms in total. The number of anilines is 2. The standard InChI is InChI=1S/C17H13NOS/c1-2-3-4-12-5-7-14-16(9-12)20-17-10-13(11-19)6-8-15(17)18-14/h2-11,18H,1H2. The first kappa shape index (κ1) is 12.8. The Bertz CT molecular complexity index is 719. The number of carbonyl (C=O) groups is 1. The average Bonchev–Trinajstić information content (AvgIpc) is 2.50. The summed E-state index contributed by atoms with van der Waals surface area (Å²) in [6, 6.07) is 11.9. The molecule has 1 N–H and O–H groups in total. The Kier molecular flexibility index (Phi) is 3.44. The third-order valence-corrected chi connectivity index (χ3v) is 4.18. The minimum absolute atomic E-state index is 0.698. The van der Waals surface area contributed by atoms with E-state index in [1.165, 1.54) is 0 Å². The minimum Gasteiger partial charge on any atom is -0.354 e. The second-order valence-electron chi connectivity index (χ2n) is 4.45. The summed E-state index contributed by atoms with van der Waals surface area (Å²) in [7, 11) is 0. The molecule has 0 bridgehead atoms. The first-order chi connectivity index (χ1) is 9.80. The van der Waals surface area contributed by atoms with Crippen LogP contribution in [0.15, 0.2) is 64.9 Å². The lowest BCUT2D eigenvalue weighted by molar-refractivity contribution is 0.112. The van der Waals surface area contributed by atoms with Crippen molar-refractivity contribution in [2.45, 2.75) is 9.79 Å². The van der Waals surface area contributed by atoms with Crippen LogP contribution in [0.5, 0.6) is 0 Å². The Morgan fingerprint density at radius 3 is 2.30 bits per heavy atom. The molecule has 2 aromatic rings. The maximum Gasteiger partial charge on any atom is 0.150 e. The normalized spacial score (nSPS) is 12.4. The van der Waals surface area contributed by atoms with Gasteiger partial charge in [-0.3, -0.25) is 4.79 Å². The van der Waals surface area contributed by atoms with E-state index in [1.807, 2.05) is 30.4 Å². The lowest BCUT2D eigenvalue weighted by Crippen LogP contribution is -2.00. The lowest BCUT2D eigenvalue weighted by atomic mass is 10.1. The van der Waals surface area contributed by atoms with Gasteiger partial charge in [-0.25, -0.2) is 0 Å². The van der Waals surface area contributed by atoms with Crippen molar-refractivity contribution < 1.29 is 4.79 Å². The van der Waals surface area contributed by atoms with Gasteiger partial charge in [-0.05, 0) is 35.9 Å². The molecule has 0 radical (unpaired) electrons. The molecule has 3 heteroatoms. The van der Waals surface area contributed by atoms with Crippen LogP contribution in [0.1, 0.15) is 15.9 Å². The SMILES string of the molecule is C=CC=Cc1ccc2c(c1)Sc1cc(C=O)ccc1N2. The van der Waals surface area contributed by atoms with E-state index in [0.29, 0.717) is 5.56 Å². The van der Waals surface area contributed by atoms with Gasteiger partial charge >= 0.3 is 0 Å². The van der Waals surface area contributed by atoms with Crippen molar-refractivity contribution in [3.05, 3.63) is 66.3 Å². The van der Waals surface area contributed by atoms with E-state index in [1.54, 1.807) is 17.8 Å². The maximum absolute atomic E-state index is 10.9. The molecular weight excluding hydrogens is 266 g/mol. The number of aldehydes is 1. The summed E-state index contributed by atoms with van der Waals surface area (Å²) in [4.78, 5) is 13.1. The van der Waals surface area contributed by atoms with Gasteiger partial charge < -0.3 is 5.32 Å². The summed E-state index contributed by atoms with van der Waals surface area (Å²) in [6.45, 7) is 3.67. The zero-order valence-electron chi connectivity index (χ0n) is 10.8. The molecule has 0 atom stereocenters. The Hall–Kier alpha value is -2.26. The van der Waals surface area contributed by atoms with Crippen LogP contribution in [0, 0.1) is 0 Å². The fraction of sp³-hybridized carbons (Fsp3) is 0.